The van der Waals surface area contributed by atoms with Crippen LogP contribution in [-0.2, 0) is 38.5 Å². The van der Waals surface area contributed by atoms with Gasteiger partial charge in [-0.1, -0.05) is 66.2 Å². The number of nitrogens with one attached hydrogen (secondary N) is 1. The Labute approximate surface area is 304 Å². The molecule has 3 aromatic carbocycles. The molecule has 0 aliphatic carbocycles. The van der Waals surface area contributed by atoms with Crippen molar-refractivity contribution in [1.29, 1.82) is 0 Å². The van der Waals surface area contributed by atoms with Gasteiger partial charge >= 0.3 is 6.09 Å². The van der Waals surface area contributed by atoms with Gasteiger partial charge in [-0.2, -0.15) is 0 Å². The summed E-state index contributed by atoms with van der Waals surface area (Å²) in [6.07, 6.45) is 0.665. The number of aliphatic hydroxyl groups is 1. The minimum absolute atomic E-state index is 0.0571. The van der Waals surface area contributed by atoms with E-state index in [-0.39, 0.29) is 44.4 Å². The SMILES string of the molecule is CC(C)(C)OC(=O)N1Cc2ccccc2C[C@@H]1C(=O)N[C@H](Cc1ccc(Cl)cc1)C(=O)N1CCC2(CC1)C(=O)N(CCO)CN2c1ccccc1. The smallest absolute Gasteiger partial charge is 0.411 e. The van der Waals surface area contributed by atoms with Crippen LogP contribution in [0.5, 0.6) is 0 Å². The number of anilines is 1. The molecule has 3 aromatic rings. The number of fused-ring (bicyclic) bond motifs is 1. The minimum Gasteiger partial charge on any atom is -0.444 e. The number of rotatable bonds is 8. The summed E-state index contributed by atoms with van der Waals surface area (Å²) in [4.78, 5) is 62.9. The molecule has 12 heteroatoms. The van der Waals surface area contributed by atoms with Gasteiger partial charge in [-0.15, -0.1) is 0 Å². The molecular formula is C39H46ClN5O6. The Hall–Kier alpha value is -4.61. The van der Waals surface area contributed by atoms with Crippen molar-refractivity contribution in [3.63, 3.8) is 0 Å². The molecule has 2 atom stereocenters. The third kappa shape index (κ3) is 7.84. The second kappa shape index (κ2) is 14.9. The van der Waals surface area contributed by atoms with Gasteiger partial charge in [0.15, 0.2) is 0 Å². The number of hydrogen-bond donors (Lipinski definition) is 2. The fraction of sp³-hybridized carbons (Fsp3) is 0.436. The highest BCUT2D eigenvalue weighted by Gasteiger charge is 2.54. The lowest BCUT2D eigenvalue weighted by Gasteiger charge is -2.44. The normalized spacial score (nSPS) is 19.2. The van der Waals surface area contributed by atoms with Crippen LogP contribution in [0.3, 0.4) is 0 Å². The quantitative estimate of drug-likeness (QED) is 0.355. The molecular weight excluding hydrogens is 670 g/mol. The van der Waals surface area contributed by atoms with Crippen LogP contribution in [0.4, 0.5) is 10.5 Å². The van der Waals surface area contributed by atoms with Gasteiger partial charge in [0.1, 0.15) is 23.2 Å². The highest BCUT2D eigenvalue weighted by molar-refractivity contribution is 6.30. The second-order valence-electron chi connectivity index (χ2n) is 14.5. The lowest BCUT2D eigenvalue weighted by Crippen LogP contribution is -2.61. The van der Waals surface area contributed by atoms with E-state index in [2.05, 4.69) is 10.2 Å². The van der Waals surface area contributed by atoms with Crippen molar-refractivity contribution < 1.29 is 29.0 Å². The Kier molecular flexibility index (Phi) is 10.6. The number of likely N-dealkylation sites (tertiary alicyclic amines) is 1. The number of hydrogen-bond acceptors (Lipinski definition) is 7. The molecule has 4 amide bonds. The standard InChI is InChI=1S/C39H46ClN5O6/c1-38(2,3)51-37(50)44-25-29-10-8-7-9-28(29)24-33(44)34(47)41-32(23-27-13-15-30(40)16-14-27)35(48)42-19-17-39(18-20-42)36(49)43(21-22-46)26-45(39)31-11-5-4-6-12-31/h4-16,32-33,46H,17-26H2,1-3H3,(H,41,47)/t32-,33-/m1/s1. The predicted molar refractivity (Wildman–Crippen MR) is 194 cm³/mol. The first-order valence-electron chi connectivity index (χ1n) is 17.5. The molecule has 2 N–H and O–H groups in total. The number of para-hydroxylation sites is 1. The fourth-order valence-electron chi connectivity index (χ4n) is 7.40. The average molecular weight is 716 g/mol. The van der Waals surface area contributed by atoms with Crippen molar-refractivity contribution in [2.24, 2.45) is 0 Å². The van der Waals surface area contributed by atoms with Crippen LogP contribution in [0.25, 0.3) is 0 Å². The molecule has 270 valence electrons. The first kappa shape index (κ1) is 36.2. The van der Waals surface area contributed by atoms with Crippen LogP contribution in [0.2, 0.25) is 5.02 Å². The Balaban J connectivity index is 1.24. The van der Waals surface area contributed by atoms with Crippen molar-refractivity contribution in [1.82, 2.24) is 20.0 Å². The number of benzene rings is 3. The molecule has 0 saturated carbocycles. The van der Waals surface area contributed by atoms with Crippen molar-refractivity contribution >= 4 is 41.1 Å². The fourth-order valence-corrected chi connectivity index (χ4v) is 7.53. The minimum atomic E-state index is -0.944. The highest BCUT2D eigenvalue weighted by Crippen LogP contribution is 2.39. The van der Waals surface area contributed by atoms with Crippen molar-refractivity contribution in [2.45, 2.75) is 76.2 Å². The van der Waals surface area contributed by atoms with E-state index in [0.717, 1.165) is 22.4 Å². The zero-order valence-electron chi connectivity index (χ0n) is 29.4. The van der Waals surface area contributed by atoms with Gasteiger partial charge in [0, 0.05) is 43.2 Å². The number of nitrogens with zero attached hydrogens (tertiary/aromatic N) is 4. The molecule has 1 spiro atoms. The summed E-state index contributed by atoms with van der Waals surface area (Å²) in [6, 6.07) is 22.7. The van der Waals surface area contributed by atoms with Crippen LogP contribution >= 0.6 is 11.6 Å². The first-order valence-corrected chi connectivity index (χ1v) is 17.9. The molecule has 3 aliphatic heterocycles. The van der Waals surface area contributed by atoms with Gasteiger partial charge < -0.3 is 29.9 Å². The van der Waals surface area contributed by atoms with Crippen molar-refractivity contribution in [3.8, 4) is 0 Å². The Bertz CT molecular complexity index is 1740. The maximum Gasteiger partial charge on any atom is 0.411 e. The van der Waals surface area contributed by atoms with Crippen LogP contribution in [0, 0.1) is 0 Å². The zero-order chi connectivity index (χ0) is 36.3. The van der Waals surface area contributed by atoms with Crippen LogP contribution in [0.15, 0.2) is 78.9 Å². The predicted octanol–water partition coefficient (Wildman–Crippen LogP) is 4.39. The first-order chi connectivity index (χ1) is 24.4. The molecule has 0 bridgehead atoms. The molecule has 3 heterocycles. The van der Waals surface area contributed by atoms with E-state index in [0.29, 0.717) is 37.6 Å². The maximum absolute atomic E-state index is 14.4. The molecule has 6 rings (SSSR count). The van der Waals surface area contributed by atoms with E-state index in [1.54, 1.807) is 42.7 Å². The lowest BCUT2D eigenvalue weighted by molar-refractivity contribution is -0.141. The molecule has 2 fully saturated rings. The van der Waals surface area contributed by atoms with Gasteiger partial charge in [0.25, 0.3) is 0 Å². The van der Waals surface area contributed by atoms with Crippen LogP contribution < -0.4 is 10.2 Å². The summed E-state index contributed by atoms with van der Waals surface area (Å²) >= 11 is 6.17. The van der Waals surface area contributed by atoms with Gasteiger partial charge in [-0.25, -0.2) is 4.79 Å². The van der Waals surface area contributed by atoms with E-state index in [1.165, 1.54) is 4.90 Å². The van der Waals surface area contributed by atoms with Crippen LogP contribution in [-0.4, -0.2) is 99.8 Å². The van der Waals surface area contributed by atoms with E-state index >= 15 is 0 Å². The second-order valence-corrected chi connectivity index (χ2v) is 15.0. The largest absolute Gasteiger partial charge is 0.444 e. The molecule has 0 aromatic heterocycles. The molecule has 11 nitrogen and oxygen atoms in total. The Morgan fingerprint density at radius 3 is 2.25 bits per heavy atom. The van der Waals surface area contributed by atoms with E-state index in [9.17, 15) is 24.3 Å². The highest BCUT2D eigenvalue weighted by atomic mass is 35.5. The summed E-state index contributed by atoms with van der Waals surface area (Å²) in [5, 5.41) is 13.3. The van der Waals surface area contributed by atoms with E-state index in [4.69, 9.17) is 16.3 Å². The summed E-state index contributed by atoms with van der Waals surface area (Å²) in [6.45, 7) is 6.59. The summed E-state index contributed by atoms with van der Waals surface area (Å²) < 4.78 is 5.72. The molecule has 3 aliphatic rings. The number of β-amino-alcohol motifs (C(OH)–C–C–N with tert-alkyl or cyclic N) is 1. The van der Waals surface area contributed by atoms with Gasteiger partial charge in [-0.05, 0) is 74.6 Å². The third-order valence-electron chi connectivity index (χ3n) is 10.0. The summed E-state index contributed by atoms with van der Waals surface area (Å²) in [7, 11) is 0. The number of amides is 4. The van der Waals surface area contributed by atoms with Crippen molar-refractivity contribution in [3.05, 3.63) is 101 Å². The summed E-state index contributed by atoms with van der Waals surface area (Å²) in [5.41, 5.74) is 1.99. The molecule has 2 saturated heterocycles. The number of halogens is 1. The Morgan fingerprint density at radius 1 is 0.961 bits per heavy atom. The van der Waals surface area contributed by atoms with Gasteiger partial charge in [0.2, 0.25) is 17.7 Å². The molecule has 0 radical (unpaired) electrons. The van der Waals surface area contributed by atoms with Gasteiger partial charge in [0.05, 0.1) is 19.8 Å². The number of piperidine rings is 1. The summed E-state index contributed by atoms with van der Waals surface area (Å²) in [5.74, 6) is -0.771. The van der Waals surface area contributed by atoms with Gasteiger partial charge in [-0.3, -0.25) is 19.3 Å². The van der Waals surface area contributed by atoms with E-state index < -0.39 is 35.2 Å². The number of aliphatic hydroxyl groups excluding tert-OH is 1. The monoisotopic (exact) mass is 715 g/mol. The number of ether oxygens (including phenoxy) is 1. The molecule has 0 unspecified atom stereocenters. The average Bonchev–Trinajstić information content (AvgIpc) is 3.37. The lowest BCUT2D eigenvalue weighted by atomic mass is 9.85. The third-order valence-corrected chi connectivity index (χ3v) is 10.3. The Morgan fingerprint density at radius 2 is 1.61 bits per heavy atom. The topological polar surface area (TPSA) is 123 Å². The van der Waals surface area contributed by atoms with Crippen LogP contribution in [0.1, 0.15) is 50.3 Å². The zero-order valence-corrected chi connectivity index (χ0v) is 30.1. The number of carbonyl (C=O) groups excluding carboxylic acids is 4. The van der Waals surface area contributed by atoms with Crippen molar-refractivity contribution in [2.75, 3.05) is 37.8 Å². The number of carbonyl (C=O) groups is 4. The maximum atomic E-state index is 14.4. The van der Waals surface area contributed by atoms with E-state index in [1.807, 2.05) is 66.7 Å². The molecule has 51 heavy (non-hydrogen) atoms.